The zero-order valence-corrected chi connectivity index (χ0v) is 15.0. The quantitative estimate of drug-likeness (QED) is 0.355. The molecule has 0 atom stereocenters. The fraction of sp³-hybridized carbons (Fsp3) is 0. The van der Waals surface area contributed by atoms with Crippen LogP contribution in [0.15, 0.2) is 97.1 Å². The van der Waals surface area contributed by atoms with Gasteiger partial charge in [0, 0.05) is 26.7 Å². The van der Waals surface area contributed by atoms with Crippen LogP contribution in [0.2, 0.25) is 0 Å². The summed E-state index contributed by atoms with van der Waals surface area (Å²) in [7, 11) is 0. The van der Waals surface area contributed by atoms with Crippen molar-refractivity contribution in [2.24, 2.45) is 0 Å². The number of fused-ring (bicyclic) bond motifs is 3. The number of hydrogen-bond donors (Lipinski definition) is 1. The number of benzene rings is 4. The molecule has 5 aromatic rings. The predicted molar refractivity (Wildman–Crippen MR) is 114 cm³/mol. The average Bonchev–Trinajstić information content (AvgIpc) is 3.09. The van der Waals surface area contributed by atoms with Crippen molar-refractivity contribution in [3.05, 3.63) is 97.1 Å². The van der Waals surface area contributed by atoms with Crippen molar-refractivity contribution in [2.75, 3.05) is 5.32 Å². The molecule has 26 heavy (non-hydrogen) atoms. The summed E-state index contributed by atoms with van der Waals surface area (Å²) in [5.74, 6) is 0. The van der Waals surface area contributed by atoms with Gasteiger partial charge in [-0.2, -0.15) is 0 Å². The molecular formula is C24H17NS. The largest absolute Gasteiger partial charge is 0.354 e. The summed E-state index contributed by atoms with van der Waals surface area (Å²) in [4.78, 5) is 0. The van der Waals surface area contributed by atoms with Crippen molar-refractivity contribution < 1.29 is 0 Å². The third-order valence-electron chi connectivity index (χ3n) is 4.69. The van der Waals surface area contributed by atoms with Gasteiger partial charge in [0.25, 0.3) is 0 Å². The average molecular weight is 351 g/mol. The van der Waals surface area contributed by atoms with Gasteiger partial charge in [0.2, 0.25) is 0 Å². The van der Waals surface area contributed by atoms with Crippen LogP contribution in [0.4, 0.5) is 11.4 Å². The summed E-state index contributed by atoms with van der Waals surface area (Å²) >= 11 is 1.85. The van der Waals surface area contributed by atoms with Gasteiger partial charge in [0.05, 0.1) is 10.4 Å². The summed E-state index contributed by atoms with van der Waals surface area (Å²) < 4.78 is 2.63. The highest BCUT2D eigenvalue weighted by molar-refractivity contribution is 7.26. The summed E-state index contributed by atoms with van der Waals surface area (Å²) in [6.45, 7) is 0. The number of nitrogens with one attached hydrogen (secondary N) is 1. The third-order valence-corrected chi connectivity index (χ3v) is 5.91. The van der Waals surface area contributed by atoms with E-state index in [9.17, 15) is 0 Å². The minimum atomic E-state index is 1.13. The Morgan fingerprint density at radius 3 is 2.15 bits per heavy atom. The molecular weight excluding hydrogens is 334 g/mol. The van der Waals surface area contributed by atoms with Gasteiger partial charge in [0.15, 0.2) is 0 Å². The van der Waals surface area contributed by atoms with Crippen molar-refractivity contribution in [3.63, 3.8) is 0 Å². The maximum atomic E-state index is 3.69. The molecule has 0 saturated heterocycles. The van der Waals surface area contributed by atoms with E-state index >= 15 is 0 Å². The fourth-order valence-corrected chi connectivity index (χ4v) is 4.62. The van der Waals surface area contributed by atoms with Crippen molar-refractivity contribution in [3.8, 4) is 11.1 Å². The summed E-state index contributed by atoms with van der Waals surface area (Å²) in [6, 6.07) is 34.1. The fourth-order valence-electron chi connectivity index (χ4n) is 3.45. The Labute approximate surface area is 156 Å². The van der Waals surface area contributed by atoms with Crippen LogP contribution >= 0.6 is 11.3 Å². The third kappa shape index (κ3) is 2.56. The standard InChI is InChI=1S/C24H17NS/c1-2-9-17(10-3-1)18-11-4-6-14-21(18)25-22-15-8-13-20-19-12-5-7-16-23(19)26-24(20)22/h1-16,25H. The topological polar surface area (TPSA) is 12.0 Å². The molecule has 0 spiro atoms. The lowest BCUT2D eigenvalue weighted by Gasteiger charge is -2.13. The second-order valence-corrected chi connectivity index (χ2v) is 7.37. The Kier molecular flexibility index (Phi) is 3.69. The number of thiophene rings is 1. The number of hydrogen-bond acceptors (Lipinski definition) is 2. The van der Waals surface area contributed by atoms with Gasteiger partial charge in [-0.3, -0.25) is 0 Å². The minimum Gasteiger partial charge on any atom is -0.354 e. The lowest BCUT2D eigenvalue weighted by atomic mass is 10.0. The van der Waals surface area contributed by atoms with Crippen LogP contribution in [-0.2, 0) is 0 Å². The van der Waals surface area contributed by atoms with E-state index < -0.39 is 0 Å². The lowest BCUT2D eigenvalue weighted by molar-refractivity contribution is 1.56. The van der Waals surface area contributed by atoms with E-state index in [1.54, 1.807) is 0 Å². The van der Waals surface area contributed by atoms with E-state index in [2.05, 4.69) is 102 Å². The summed E-state index contributed by atoms with van der Waals surface area (Å²) in [5.41, 5.74) is 4.72. The molecule has 0 aliphatic heterocycles. The molecule has 124 valence electrons. The zero-order chi connectivity index (χ0) is 17.3. The molecule has 0 bridgehead atoms. The van der Waals surface area contributed by atoms with Gasteiger partial charge in [-0.05, 0) is 23.8 Å². The Morgan fingerprint density at radius 1 is 0.538 bits per heavy atom. The maximum Gasteiger partial charge on any atom is 0.0590 e. The van der Waals surface area contributed by atoms with E-state index in [-0.39, 0.29) is 0 Å². The molecule has 1 heterocycles. The van der Waals surface area contributed by atoms with Gasteiger partial charge in [-0.1, -0.05) is 78.9 Å². The molecule has 5 rings (SSSR count). The highest BCUT2D eigenvalue weighted by Crippen LogP contribution is 2.40. The Hall–Kier alpha value is -3.10. The first-order valence-corrected chi connectivity index (χ1v) is 9.53. The van der Waals surface area contributed by atoms with Crippen LogP contribution in [-0.4, -0.2) is 0 Å². The SMILES string of the molecule is c1ccc(-c2ccccc2Nc2cccc3c2sc2ccccc23)cc1. The first-order valence-electron chi connectivity index (χ1n) is 8.72. The monoisotopic (exact) mass is 351 g/mol. The van der Waals surface area contributed by atoms with Gasteiger partial charge in [-0.25, -0.2) is 0 Å². The molecule has 1 nitrogen and oxygen atoms in total. The minimum absolute atomic E-state index is 1.13. The van der Waals surface area contributed by atoms with Crippen LogP contribution in [0.5, 0.6) is 0 Å². The van der Waals surface area contributed by atoms with Crippen molar-refractivity contribution in [1.82, 2.24) is 0 Å². The first kappa shape index (κ1) is 15.2. The number of para-hydroxylation sites is 1. The molecule has 0 aliphatic rings. The Morgan fingerprint density at radius 2 is 1.23 bits per heavy atom. The highest BCUT2D eigenvalue weighted by Gasteiger charge is 2.10. The molecule has 1 aromatic heterocycles. The summed E-state index contributed by atoms with van der Waals surface area (Å²) in [5, 5.41) is 6.32. The molecule has 0 radical (unpaired) electrons. The second kappa shape index (κ2) is 6.32. The highest BCUT2D eigenvalue weighted by atomic mass is 32.1. The van der Waals surface area contributed by atoms with Gasteiger partial charge in [0.1, 0.15) is 0 Å². The van der Waals surface area contributed by atoms with E-state index in [1.165, 1.54) is 31.3 Å². The van der Waals surface area contributed by atoms with E-state index in [1.807, 2.05) is 11.3 Å². The smallest absolute Gasteiger partial charge is 0.0590 e. The molecule has 0 aliphatic carbocycles. The zero-order valence-electron chi connectivity index (χ0n) is 14.1. The van der Waals surface area contributed by atoms with Crippen molar-refractivity contribution in [2.45, 2.75) is 0 Å². The first-order chi connectivity index (χ1) is 12.9. The van der Waals surface area contributed by atoms with Crippen LogP contribution in [0, 0.1) is 0 Å². The molecule has 2 heteroatoms. The van der Waals surface area contributed by atoms with Gasteiger partial charge in [-0.15, -0.1) is 11.3 Å². The number of rotatable bonds is 3. The van der Waals surface area contributed by atoms with E-state index in [0.29, 0.717) is 0 Å². The predicted octanol–water partition coefficient (Wildman–Crippen LogP) is 7.47. The molecule has 0 fully saturated rings. The van der Waals surface area contributed by atoms with Crippen molar-refractivity contribution in [1.29, 1.82) is 0 Å². The normalized spacial score (nSPS) is 11.1. The van der Waals surface area contributed by atoms with Crippen molar-refractivity contribution >= 4 is 42.9 Å². The van der Waals surface area contributed by atoms with E-state index in [0.717, 1.165) is 11.4 Å². The molecule has 1 N–H and O–H groups in total. The van der Waals surface area contributed by atoms with Crippen LogP contribution in [0.3, 0.4) is 0 Å². The molecule has 0 amide bonds. The molecule has 0 unspecified atom stereocenters. The van der Waals surface area contributed by atoms with Gasteiger partial charge >= 0.3 is 0 Å². The summed E-state index contributed by atoms with van der Waals surface area (Å²) in [6.07, 6.45) is 0. The second-order valence-electron chi connectivity index (χ2n) is 6.32. The lowest BCUT2D eigenvalue weighted by Crippen LogP contribution is -1.93. The molecule has 0 saturated carbocycles. The van der Waals surface area contributed by atoms with Crippen LogP contribution < -0.4 is 5.32 Å². The van der Waals surface area contributed by atoms with Crippen LogP contribution in [0.1, 0.15) is 0 Å². The van der Waals surface area contributed by atoms with E-state index in [4.69, 9.17) is 0 Å². The van der Waals surface area contributed by atoms with Gasteiger partial charge < -0.3 is 5.32 Å². The van der Waals surface area contributed by atoms with Crippen LogP contribution in [0.25, 0.3) is 31.3 Å². The molecule has 4 aromatic carbocycles. The Balaban J connectivity index is 1.65. The maximum absolute atomic E-state index is 3.69. The Bertz CT molecular complexity index is 1200. The number of anilines is 2.